The zero-order chi connectivity index (χ0) is 20.9. The lowest BCUT2D eigenvalue weighted by Crippen LogP contribution is -2.27. The molecule has 2 rings (SSSR count). The first-order valence-corrected chi connectivity index (χ1v) is 13.3. The van der Waals surface area contributed by atoms with Gasteiger partial charge < -0.3 is 18.1 Å². The fraction of sp³-hybridized carbons (Fsp3) is 0.750. The summed E-state index contributed by atoms with van der Waals surface area (Å²) in [6.45, 7) is 12.0. The second kappa shape index (κ2) is 9.44. The Morgan fingerprint density at radius 2 is 1.37 bits per heavy atom. The lowest BCUT2D eigenvalue weighted by molar-refractivity contribution is -0.0528. The summed E-state index contributed by atoms with van der Waals surface area (Å²) in [7, 11) is -6.94. The van der Waals surface area contributed by atoms with Crippen molar-refractivity contribution in [1.82, 2.24) is 0 Å². The molecule has 0 unspecified atom stereocenters. The molecule has 0 saturated heterocycles. The fourth-order valence-electron chi connectivity index (χ4n) is 2.17. The van der Waals surface area contributed by atoms with E-state index in [1.807, 2.05) is 0 Å². The number of hydrogen-bond donors (Lipinski definition) is 0. The molecular weight excluding hydrogens is 405 g/mol. The molecule has 2 heterocycles. The maximum Gasteiger partial charge on any atom is 0.534 e. The van der Waals surface area contributed by atoms with Gasteiger partial charge in [0.1, 0.15) is 5.76 Å². The summed E-state index contributed by atoms with van der Waals surface area (Å²) in [6, 6.07) is 0. The van der Waals surface area contributed by atoms with Crippen molar-refractivity contribution in [2.45, 2.75) is 51.8 Å². The first kappa shape index (κ1) is 24.0. The van der Waals surface area contributed by atoms with Gasteiger partial charge in [0.25, 0.3) is 0 Å². The van der Waals surface area contributed by atoms with Crippen LogP contribution in [-0.2, 0) is 28.2 Å². The Morgan fingerprint density at radius 3 is 1.74 bits per heavy atom. The van der Waals surface area contributed by atoms with Crippen LogP contribution >= 0.6 is 0 Å². The third-order valence-corrected chi connectivity index (χ3v) is 5.31. The molecule has 27 heavy (non-hydrogen) atoms. The van der Waals surface area contributed by atoms with Gasteiger partial charge in [0.2, 0.25) is 8.32 Å². The van der Waals surface area contributed by atoms with E-state index in [0.717, 1.165) is 19.6 Å². The normalized spacial score (nSPS) is 19.4. The van der Waals surface area contributed by atoms with E-state index in [-0.39, 0.29) is 25.4 Å². The second-order valence-electron chi connectivity index (χ2n) is 7.21. The van der Waals surface area contributed by atoms with Crippen molar-refractivity contribution in [3.8, 4) is 0 Å². The van der Waals surface area contributed by atoms with Crippen LogP contribution in [0.25, 0.3) is 0 Å². The molecule has 158 valence electrons. The zero-order valence-corrected chi connectivity index (χ0v) is 18.1. The lowest BCUT2D eigenvalue weighted by atomic mass is 10.2. The van der Waals surface area contributed by atoms with Crippen LogP contribution < -0.4 is 0 Å². The minimum atomic E-state index is -5.54. The van der Waals surface area contributed by atoms with Crippen LogP contribution in [0.3, 0.4) is 0 Å². The molecule has 0 spiro atoms. The predicted octanol–water partition coefficient (Wildman–Crippen LogP) is 4.08. The molecule has 0 saturated carbocycles. The molecule has 2 aliphatic rings. The standard InChI is InChI=1S/C9H18O2Si.C7H9F3O4S/c1-8-7-10-6-5-9(8)11-12(2,3)4;1-5-4-13-3-2-6(5)14-15(11,12)7(8,9)10/h5-7H2,1-4H3;2-4H2,1H3. The van der Waals surface area contributed by atoms with Gasteiger partial charge in [-0.05, 0) is 44.6 Å². The topological polar surface area (TPSA) is 71.1 Å². The molecular formula is C16H27F3O6SSi. The molecule has 0 fully saturated rings. The first-order chi connectivity index (χ1) is 12.2. The Hall–Kier alpha value is -1.04. The highest BCUT2D eigenvalue weighted by Gasteiger charge is 2.49. The van der Waals surface area contributed by atoms with E-state index in [0.29, 0.717) is 5.57 Å². The number of hydrogen-bond acceptors (Lipinski definition) is 6. The molecule has 0 aromatic rings. The molecule has 0 aromatic carbocycles. The second-order valence-corrected chi connectivity index (χ2v) is 13.2. The summed E-state index contributed by atoms with van der Waals surface area (Å²) in [5, 5.41) is 0. The molecule has 0 N–H and O–H groups in total. The van der Waals surface area contributed by atoms with Crippen molar-refractivity contribution in [1.29, 1.82) is 0 Å². The van der Waals surface area contributed by atoms with Gasteiger partial charge in [-0.3, -0.25) is 0 Å². The van der Waals surface area contributed by atoms with E-state index in [1.165, 1.54) is 18.3 Å². The number of halogens is 3. The Labute approximate surface area is 159 Å². The van der Waals surface area contributed by atoms with Gasteiger partial charge in [-0.2, -0.15) is 21.6 Å². The Balaban J connectivity index is 0.000000277. The molecule has 0 atom stereocenters. The SMILES string of the molecule is CC1=C(OS(=O)(=O)C(F)(F)F)CCOC1.CC1=C(O[Si](C)(C)C)CCOC1. The van der Waals surface area contributed by atoms with E-state index < -0.39 is 23.9 Å². The minimum Gasteiger partial charge on any atom is -0.547 e. The van der Waals surface area contributed by atoms with E-state index >= 15 is 0 Å². The maximum absolute atomic E-state index is 11.9. The summed E-state index contributed by atoms with van der Waals surface area (Å²) in [6.07, 6.45) is 0.983. The molecule has 2 aliphatic heterocycles. The van der Waals surface area contributed by atoms with Crippen molar-refractivity contribution < 1.29 is 39.7 Å². The molecule has 0 bridgehead atoms. The van der Waals surface area contributed by atoms with Gasteiger partial charge in [0, 0.05) is 12.8 Å². The predicted molar refractivity (Wildman–Crippen MR) is 96.8 cm³/mol. The molecule has 0 radical (unpaired) electrons. The van der Waals surface area contributed by atoms with Crippen molar-refractivity contribution in [3.05, 3.63) is 22.7 Å². The van der Waals surface area contributed by atoms with Gasteiger partial charge in [0.15, 0.2) is 0 Å². The summed E-state index contributed by atoms with van der Waals surface area (Å²) in [4.78, 5) is 0. The fourth-order valence-corrected chi connectivity index (χ4v) is 3.77. The Bertz CT molecular complexity index is 677. The first-order valence-electron chi connectivity index (χ1n) is 8.45. The summed E-state index contributed by atoms with van der Waals surface area (Å²) in [5.41, 5.74) is -3.77. The lowest BCUT2D eigenvalue weighted by Gasteiger charge is -2.26. The van der Waals surface area contributed by atoms with Crippen LogP contribution in [0.1, 0.15) is 26.7 Å². The molecule has 0 aliphatic carbocycles. The van der Waals surface area contributed by atoms with Crippen LogP contribution in [0.2, 0.25) is 19.6 Å². The van der Waals surface area contributed by atoms with Crippen LogP contribution in [0.5, 0.6) is 0 Å². The van der Waals surface area contributed by atoms with Crippen LogP contribution in [0.4, 0.5) is 13.2 Å². The summed E-state index contributed by atoms with van der Waals surface area (Å²) < 4.78 is 77.3. The van der Waals surface area contributed by atoms with Crippen molar-refractivity contribution in [2.75, 3.05) is 26.4 Å². The minimum absolute atomic E-state index is 0.0289. The van der Waals surface area contributed by atoms with Gasteiger partial charge >= 0.3 is 15.6 Å². The highest BCUT2D eigenvalue weighted by molar-refractivity contribution is 7.87. The molecule has 0 amide bonds. The van der Waals surface area contributed by atoms with Gasteiger partial charge in [-0.25, -0.2) is 0 Å². The van der Waals surface area contributed by atoms with Gasteiger partial charge in [0.05, 0.1) is 32.2 Å². The average molecular weight is 433 g/mol. The van der Waals surface area contributed by atoms with Crippen molar-refractivity contribution in [2.24, 2.45) is 0 Å². The molecule has 11 heteroatoms. The number of rotatable bonds is 4. The maximum atomic E-state index is 11.9. The van der Waals surface area contributed by atoms with Crippen LogP contribution in [0, 0.1) is 0 Å². The summed E-state index contributed by atoms with van der Waals surface area (Å²) in [5.74, 6) is 0.999. The van der Waals surface area contributed by atoms with E-state index in [4.69, 9.17) is 13.9 Å². The molecule has 0 aromatic heterocycles. The summed E-state index contributed by atoms with van der Waals surface area (Å²) >= 11 is 0. The van der Waals surface area contributed by atoms with Gasteiger partial charge in [-0.1, -0.05) is 0 Å². The Kier molecular flexibility index (Phi) is 8.39. The van der Waals surface area contributed by atoms with Crippen molar-refractivity contribution >= 4 is 18.4 Å². The highest BCUT2D eigenvalue weighted by atomic mass is 32.2. The van der Waals surface area contributed by atoms with Gasteiger partial charge in [-0.15, -0.1) is 0 Å². The number of ether oxygens (including phenoxy) is 2. The quantitative estimate of drug-likeness (QED) is 0.379. The third-order valence-electron chi connectivity index (χ3n) is 3.46. The van der Waals surface area contributed by atoms with Crippen LogP contribution in [-0.4, -0.2) is 48.7 Å². The monoisotopic (exact) mass is 432 g/mol. The molecule has 6 nitrogen and oxygen atoms in total. The van der Waals surface area contributed by atoms with Crippen LogP contribution in [0.15, 0.2) is 22.7 Å². The van der Waals surface area contributed by atoms with Crippen molar-refractivity contribution in [3.63, 3.8) is 0 Å². The number of alkyl halides is 3. The van der Waals surface area contributed by atoms with E-state index in [1.54, 1.807) is 0 Å². The zero-order valence-electron chi connectivity index (χ0n) is 16.2. The Morgan fingerprint density at radius 1 is 0.926 bits per heavy atom. The largest absolute Gasteiger partial charge is 0.547 e. The van der Waals surface area contributed by atoms with E-state index in [9.17, 15) is 21.6 Å². The third kappa shape index (κ3) is 8.24. The highest BCUT2D eigenvalue weighted by Crippen LogP contribution is 2.29. The smallest absolute Gasteiger partial charge is 0.534 e. The average Bonchev–Trinajstić information content (AvgIpc) is 2.50. The van der Waals surface area contributed by atoms with E-state index in [2.05, 4.69) is 30.7 Å².